The van der Waals surface area contributed by atoms with Crippen LogP contribution >= 0.6 is 23.1 Å². The van der Waals surface area contributed by atoms with E-state index in [4.69, 9.17) is 9.47 Å². The topological polar surface area (TPSA) is 85.4 Å². The van der Waals surface area contributed by atoms with Crippen molar-refractivity contribution in [2.75, 3.05) is 31.9 Å². The van der Waals surface area contributed by atoms with Gasteiger partial charge in [-0.2, -0.15) is 0 Å². The minimum atomic E-state index is -0.0565. The minimum Gasteiger partial charge on any atom is -0.495 e. The number of thioether (sulfide) groups is 1. The molecule has 9 heteroatoms. The van der Waals surface area contributed by atoms with Gasteiger partial charge in [0, 0.05) is 13.2 Å². The summed E-state index contributed by atoms with van der Waals surface area (Å²) in [5.41, 5.74) is 0.818. The number of carbonyl (C=O) groups excluding carboxylic acids is 1. The fraction of sp³-hybridized carbons (Fsp3) is 0.400. The average molecular weight is 368 g/mol. The third kappa shape index (κ3) is 5.66. The number of anilines is 2. The van der Waals surface area contributed by atoms with Gasteiger partial charge in [-0.05, 0) is 19.1 Å². The molecule has 1 aromatic carbocycles. The predicted molar refractivity (Wildman–Crippen MR) is 96.4 cm³/mol. The number of ether oxygens (including phenoxy) is 2. The molecule has 0 unspecified atom stereocenters. The second-order valence-corrected chi connectivity index (χ2v) is 7.11. The molecule has 2 rings (SSSR count). The number of para-hydroxylation sites is 2. The number of nitrogens with one attached hydrogen (secondary N) is 2. The zero-order valence-corrected chi connectivity index (χ0v) is 15.4. The molecule has 24 heavy (non-hydrogen) atoms. The molecule has 0 saturated carbocycles. The van der Waals surface area contributed by atoms with Gasteiger partial charge in [-0.3, -0.25) is 4.79 Å². The van der Waals surface area contributed by atoms with E-state index in [-0.39, 0.29) is 17.7 Å². The molecule has 1 amide bonds. The van der Waals surface area contributed by atoms with Crippen molar-refractivity contribution in [3.63, 3.8) is 0 Å². The predicted octanol–water partition coefficient (Wildman–Crippen LogP) is 2.53. The van der Waals surface area contributed by atoms with E-state index < -0.39 is 0 Å². The Morgan fingerprint density at radius 3 is 2.88 bits per heavy atom. The molecule has 0 spiro atoms. The van der Waals surface area contributed by atoms with Crippen molar-refractivity contribution in [3.8, 4) is 5.75 Å². The summed E-state index contributed by atoms with van der Waals surface area (Å²) in [6, 6.07) is 7.56. The Kier molecular flexibility index (Phi) is 7.29. The second kappa shape index (κ2) is 9.45. The van der Waals surface area contributed by atoms with E-state index in [1.54, 1.807) is 14.2 Å². The number of methoxy groups -OCH3 is 2. The normalized spacial score (nSPS) is 11.8. The van der Waals surface area contributed by atoms with Gasteiger partial charge in [0.2, 0.25) is 11.0 Å². The first kappa shape index (κ1) is 18.5. The number of nitrogens with zero attached hydrogens (tertiary/aromatic N) is 2. The molecule has 1 aromatic heterocycles. The van der Waals surface area contributed by atoms with E-state index >= 15 is 0 Å². The lowest BCUT2D eigenvalue weighted by Crippen LogP contribution is -2.36. The smallest absolute Gasteiger partial charge is 0.230 e. The van der Waals surface area contributed by atoms with Crippen LogP contribution in [-0.4, -0.2) is 48.7 Å². The summed E-state index contributed by atoms with van der Waals surface area (Å²) in [4.78, 5) is 11.8. The fourth-order valence-corrected chi connectivity index (χ4v) is 3.49. The van der Waals surface area contributed by atoms with Crippen LogP contribution in [0.15, 0.2) is 28.6 Å². The van der Waals surface area contributed by atoms with Crippen LogP contribution in [0.1, 0.15) is 6.92 Å². The lowest BCUT2D eigenvalue weighted by atomic mass is 10.3. The molecule has 0 saturated heterocycles. The first-order valence-electron chi connectivity index (χ1n) is 7.27. The lowest BCUT2D eigenvalue weighted by molar-refractivity contribution is -0.119. The summed E-state index contributed by atoms with van der Waals surface area (Å²) in [5.74, 6) is 0.963. The molecule has 1 atom stereocenters. The Morgan fingerprint density at radius 1 is 1.33 bits per heavy atom. The van der Waals surface area contributed by atoms with Crippen LogP contribution in [0, 0.1) is 0 Å². The third-order valence-electron chi connectivity index (χ3n) is 2.91. The number of benzene rings is 1. The van der Waals surface area contributed by atoms with Gasteiger partial charge < -0.3 is 20.1 Å². The highest BCUT2D eigenvalue weighted by Crippen LogP contribution is 2.31. The number of hydrogen-bond donors (Lipinski definition) is 2. The van der Waals surface area contributed by atoms with Crippen LogP contribution < -0.4 is 15.4 Å². The van der Waals surface area contributed by atoms with Crippen LogP contribution in [0.2, 0.25) is 0 Å². The zero-order chi connectivity index (χ0) is 17.4. The summed E-state index contributed by atoms with van der Waals surface area (Å²) in [6.07, 6.45) is 0. The molecule has 0 bridgehead atoms. The Balaban J connectivity index is 1.86. The molecule has 130 valence electrons. The molecular weight excluding hydrogens is 348 g/mol. The van der Waals surface area contributed by atoms with Crippen molar-refractivity contribution in [1.29, 1.82) is 0 Å². The molecule has 0 radical (unpaired) electrons. The highest BCUT2D eigenvalue weighted by Gasteiger charge is 2.11. The van der Waals surface area contributed by atoms with Gasteiger partial charge in [0.1, 0.15) is 5.75 Å². The van der Waals surface area contributed by atoms with Crippen LogP contribution in [0.5, 0.6) is 5.75 Å². The van der Waals surface area contributed by atoms with Crippen molar-refractivity contribution in [2.45, 2.75) is 17.3 Å². The molecule has 7 nitrogen and oxygen atoms in total. The third-order valence-corrected chi connectivity index (χ3v) is 4.88. The van der Waals surface area contributed by atoms with Crippen LogP contribution in [0.4, 0.5) is 10.8 Å². The molecule has 0 aliphatic rings. The Bertz CT molecular complexity index is 666. The summed E-state index contributed by atoms with van der Waals surface area (Å²) < 4.78 is 11.0. The minimum absolute atomic E-state index is 0.0136. The number of hydrogen-bond acceptors (Lipinski definition) is 8. The van der Waals surface area contributed by atoms with Crippen molar-refractivity contribution < 1.29 is 14.3 Å². The molecule has 1 heterocycles. The van der Waals surface area contributed by atoms with Gasteiger partial charge in [0.15, 0.2) is 4.34 Å². The van der Waals surface area contributed by atoms with E-state index in [1.807, 2.05) is 31.2 Å². The summed E-state index contributed by atoms with van der Waals surface area (Å²) >= 11 is 2.74. The largest absolute Gasteiger partial charge is 0.495 e. The number of carbonyl (C=O) groups is 1. The highest BCUT2D eigenvalue weighted by molar-refractivity contribution is 8.01. The van der Waals surface area contributed by atoms with Gasteiger partial charge >= 0.3 is 0 Å². The van der Waals surface area contributed by atoms with Crippen molar-refractivity contribution in [2.24, 2.45) is 0 Å². The SMILES string of the molecule is COC[C@H](C)NC(=O)CSc1nnc(Nc2ccccc2OC)s1. The van der Waals surface area contributed by atoms with Crippen LogP contribution in [0.25, 0.3) is 0 Å². The first-order valence-corrected chi connectivity index (χ1v) is 9.07. The average Bonchev–Trinajstić information content (AvgIpc) is 3.01. The monoisotopic (exact) mass is 368 g/mol. The van der Waals surface area contributed by atoms with Gasteiger partial charge in [-0.25, -0.2) is 0 Å². The quantitative estimate of drug-likeness (QED) is 0.658. The van der Waals surface area contributed by atoms with Gasteiger partial charge in [-0.15, -0.1) is 10.2 Å². The lowest BCUT2D eigenvalue weighted by Gasteiger charge is -2.11. The maximum absolute atomic E-state index is 11.8. The summed E-state index contributed by atoms with van der Waals surface area (Å²) in [5, 5.41) is 14.8. The Morgan fingerprint density at radius 2 is 2.12 bits per heavy atom. The zero-order valence-electron chi connectivity index (χ0n) is 13.7. The molecule has 0 aliphatic heterocycles. The van der Waals surface area contributed by atoms with E-state index in [2.05, 4.69) is 20.8 Å². The van der Waals surface area contributed by atoms with E-state index in [0.29, 0.717) is 11.7 Å². The van der Waals surface area contributed by atoms with Gasteiger partial charge in [0.25, 0.3) is 0 Å². The van der Waals surface area contributed by atoms with Crippen molar-refractivity contribution in [3.05, 3.63) is 24.3 Å². The van der Waals surface area contributed by atoms with E-state index in [0.717, 1.165) is 15.8 Å². The number of amides is 1. The molecule has 2 aromatic rings. The standard InChI is InChI=1S/C15H20N4O3S2/c1-10(8-21-2)16-13(20)9-23-15-19-18-14(24-15)17-11-6-4-5-7-12(11)22-3/h4-7,10H,8-9H2,1-3H3,(H,16,20)(H,17,18)/t10-/m0/s1. The van der Waals surface area contributed by atoms with Crippen molar-refractivity contribution in [1.82, 2.24) is 15.5 Å². The maximum atomic E-state index is 11.8. The summed E-state index contributed by atoms with van der Waals surface area (Å²) in [6.45, 7) is 2.38. The molecule has 2 N–H and O–H groups in total. The highest BCUT2D eigenvalue weighted by atomic mass is 32.2. The number of rotatable bonds is 9. The van der Waals surface area contributed by atoms with Crippen molar-refractivity contribution >= 4 is 39.8 Å². The van der Waals surface area contributed by atoms with E-state index in [1.165, 1.54) is 23.1 Å². The van der Waals surface area contributed by atoms with Crippen LogP contribution in [-0.2, 0) is 9.53 Å². The Labute approximate surface area is 149 Å². The van der Waals surface area contributed by atoms with Gasteiger partial charge in [-0.1, -0.05) is 35.2 Å². The van der Waals surface area contributed by atoms with E-state index in [9.17, 15) is 4.79 Å². The summed E-state index contributed by atoms with van der Waals surface area (Å²) in [7, 11) is 3.22. The molecule has 0 aliphatic carbocycles. The number of aromatic nitrogens is 2. The Hall–Kier alpha value is -1.84. The van der Waals surface area contributed by atoms with Crippen LogP contribution in [0.3, 0.4) is 0 Å². The molecular formula is C15H20N4O3S2. The molecule has 0 fully saturated rings. The van der Waals surface area contributed by atoms with Gasteiger partial charge in [0.05, 0.1) is 25.2 Å². The fourth-order valence-electron chi connectivity index (χ4n) is 1.92. The first-order chi connectivity index (χ1) is 11.6. The second-order valence-electron chi connectivity index (χ2n) is 4.91. The maximum Gasteiger partial charge on any atom is 0.230 e.